The number of thioether (sulfide) groups is 1. The lowest BCUT2D eigenvalue weighted by Gasteiger charge is -2.25. The van der Waals surface area contributed by atoms with Crippen LogP contribution in [0.1, 0.15) is 25.0 Å². The Hall–Kier alpha value is -2.67. The molecule has 1 aliphatic heterocycles. The van der Waals surface area contributed by atoms with Crippen molar-refractivity contribution in [3.8, 4) is 5.69 Å². The zero-order valence-corrected chi connectivity index (χ0v) is 16.3. The van der Waals surface area contributed by atoms with Crippen LogP contribution in [0.5, 0.6) is 0 Å². The minimum atomic E-state index is -0.297. The normalized spacial score (nSPS) is 17.0. The molecule has 0 bridgehead atoms. The van der Waals surface area contributed by atoms with Crippen LogP contribution in [-0.2, 0) is 11.2 Å². The Balaban J connectivity index is 1.55. The van der Waals surface area contributed by atoms with Crippen LogP contribution in [0.3, 0.4) is 0 Å². The fourth-order valence-electron chi connectivity index (χ4n) is 3.41. The number of anilines is 1. The van der Waals surface area contributed by atoms with Crippen LogP contribution in [0.4, 0.5) is 5.69 Å². The van der Waals surface area contributed by atoms with Crippen molar-refractivity contribution in [1.29, 1.82) is 0 Å². The Morgan fingerprint density at radius 2 is 1.93 bits per heavy atom. The molecule has 2 atom stereocenters. The second-order valence-corrected chi connectivity index (χ2v) is 8.17. The molecule has 3 aromatic rings. The Morgan fingerprint density at radius 1 is 1.19 bits per heavy atom. The molecular formula is C20H21N5OS. The van der Waals surface area contributed by atoms with Gasteiger partial charge in [0.1, 0.15) is 0 Å². The number of para-hydroxylation sites is 1. The number of carbonyl (C=O) groups is 1. The zero-order valence-electron chi connectivity index (χ0n) is 15.5. The summed E-state index contributed by atoms with van der Waals surface area (Å²) in [6, 6.07) is 16.2. The number of hydrogen-bond donors (Lipinski definition) is 0. The van der Waals surface area contributed by atoms with Crippen LogP contribution in [0.15, 0.2) is 53.7 Å². The summed E-state index contributed by atoms with van der Waals surface area (Å²) < 4.78 is 1.68. The SMILES string of the molecule is Cc1ccc(-n2nnnc2S[C@H](C)C(=O)N2c3ccccc3C[C@@H]2C)cc1. The maximum Gasteiger partial charge on any atom is 0.240 e. The van der Waals surface area contributed by atoms with E-state index in [-0.39, 0.29) is 17.2 Å². The van der Waals surface area contributed by atoms with Gasteiger partial charge in [0.25, 0.3) is 0 Å². The van der Waals surface area contributed by atoms with Gasteiger partial charge in [-0.1, -0.05) is 47.7 Å². The van der Waals surface area contributed by atoms with Gasteiger partial charge in [0.15, 0.2) is 0 Å². The van der Waals surface area contributed by atoms with Crippen molar-refractivity contribution in [1.82, 2.24) is 20.2 Å². The molecule has 0 N–H and O–H groups in total. The minimum Gasteiger partial charge on any atom is -0.308 e. The van der Waals surface area contributed by atoms with Gasteiger partial charge in [0, 0.05) is 11.7 Å². The first-order valence-electron chi connectivity index (χ1n) is 8.97. The van der Waals surface area contributed by atoms with Crippen molar-refractivity contribution in [2.75, 3.05) is 4.90 Å². The molecule has 6 nitrogen and oxygen atoms in total. The molecule has 0 saturated heterocycles. The molecular weight excluding hydrogens is 358 g/mol. The number of amides is 1. The lowest BCUT2D eigenvalue weighted by Crippen LogP contribution is -2.40. The number of aryl methyl sites for hydroxylation is 1. The van der Waals surface area contributed by atoms with E-state index in [1.54, 1.807) is 4.68 Å². The molecule has 1 aliphatic rings. The molecule has 2 aromatic carbocycles. The predicted molar refractivity (Wildman–Crippen MR) is 106 cm³/mol. The summed E-state index contributed by atoms with van der Waals surface area (Å²) in [7, 11) is 0. The lowest BCUT2D eigenvalue weighted by atomic mass is 10.1. The molecule has 0 aliphatic carbocycles. The van der Waals surface area contributed by atoms with Crippen LogP contribution in [0, 0.1) is 6.92 Å². The highest BCUT2D eigenvalue weighted by atomic mass is 32.2. The molecule has 0 fully saturated rings. The van der Waals surface area contributed by atoms with Crippen LogP contribution >= 0.6 is 11.8 Å². The molecule has 1 aromatic heterocycles. The van der Waals surface area contributed by atoms with Crippen molar-refractivity contribution in [3.05, 3.63) is 59.7 Å². The number of rotatable bonds is 4. The van der Waals surface area contributed by atoms with Crippen LogP contribution in [-0.4, -0.2) is 37.4 Å². The van der Waals surface area contributed by atoms with Crippen molar-refractivity contribution < 1.29 is 4.79 Å². The first kappa shape index (κ1) is 17.7. The predicted octanol–water partition coefficient (Wildman–Crippen LogP) is 3.43. The van der Waals surface area contributed by atoms with Crippen LogP contribution < -0.4 is 4.90 Å². The summed E-state index contributed by atoms with van der Waals surface area (Å²) in [5.41, 5.74) is 4.29. The summed E-state index contributed by atoms with van der Waals surface area (Å²) >= 11 is 1.38. The topological polar surface area (TPSA) is 63.9 Å². The Morgan fingerprint density at radius 3 is 2.70 bits per heavy atom. The zero-order chi connectivity index (χ0) is 19.0. The van der Waals surface area contributed by atoms with Crippen molar-refractivity contribution in [2.24, 2.45) is 0 Å². The number of hydrogen-bond acceptors (Lipinski definition) is 5. The summed E-state index contributed by atoms with van der Waals surface area (Å²) in [6.45, 7) is 6.04. The summed E-state index contributed by atoms with van der Waals surface area (Å²) in [6.07, 6.45) is 0.889. The Labute approximate surface area is 162 Å². The standard InChI is InChI=1S/C20H21N5OS/c1-13-8-10-17(11-9-13)25-20(21-22-23-25)27-15(3)19(26)24-14(2)12-16-6-4-5-7-18(16)24/h4-11,14-15H,12H2,1-3H3/t14-,15+/m0/s1. The second kappa shape index (κ2) is 7.15. The number of benzene rings is 2. The number of nitrogens with zero attached hydrogens (tertiary/aromatic N) is 5. The van der Waals surface area contributed by atoms with E-state index in [9.17, 15) is 4.79 Å². The third-order valence-corrected chi connectivity index (χ3v) is 5.81. The monoisotopic (exact) mass is 379 g/mol. The van der Waals surface area contributed by atoms with Gasteiger partial charge >= 0.3 is 0 Å². The van der Waals surface area contributed by atoms with E-state index >= 15 is 0 Å². The molecule has 7 heteroatoms. The number of aromatic nitrogens is 4. The highest BCUT2D eigenvalue weighted by Crippen LogP contribution is 2.34. The molecule has 0 spiro atoms. The second-order valence-electron chi connectivity index (χ2n) is 6.86. The fourth-order valence-corrected chi connectivity index (χ4v) is 4.26. The molecule has 1 amide bonds. The number of fused-ring (bicyclic) bond motifs is 1. The van der Waals surface area contributed by atoms with Gasteiger partial charge in [-0.25, -0.2) is 0 Å². The van der Waals surface area contributed by atoms with E-state index in [4.69, 9.17) is 0 Å². The van der Waals surface area contributed by atoms with Gasteiger partial charge in [0.2, 0.25) is 11.1 Å². The van der Waals surface area contributed by atoms with Crippen LogP contribution in [0.2, 0.25) is 0 Å². The Bertz CT molecular complexity index is 969. The molecule has 0 radical (unpaired) electrons. The summed E-state index contributed by atoms with van der Waals surface area (Å²) in [5.74, 6) is 0.0795. The van der Waals surface area contributed by atoms with E-state index in [0.29, 0.717) is 5.16 Å². The van der Waals surface area contributed by atoms with Crippen LogP contribution in [0.25, 0.3) is 5.69 Å². The molecule has 4 rings (SSSR count). The number of carbonyl (C=O) groups excluding carboxylic acids is 1. The van der Waals surface area contributed by atoms with Gasteiger partial charge in [-0.2, -0.15) is 4.68 Å². The van der Waals surface area contributed by atoms with Crippen molar-refractivity contribution >= 4 is 23.4 Å². The lowest BCUT2D eigenvalue weighted by molar-refractivity contribution is -0.118. The largest absolute Gasteiger partial charge is 0.308 e. The summed E-state index contributed by atoms with van der Waals surface area (Å²) in [4.78, 5) is 15.1. The number of tetrazole rings is 1. The van der Waals surface area contributed by atoms with E-state index < -0.39 is 0 Å². The summed E-state index contributed by atoms with van der Waals surface area (Å²) in [5, 5.41) is 12.3. The van der Waals surface area contributed by atoms with E-state index in [0.717, 1.165) is 17.8 Å². The van der Waals surface area contributed by atoms with Crippen molar-refractivity contribution in [2.45, 2.75) is 43.6 Å². The van der Waals surface area contributed by atoms with Gasteiger partial charge in [0.05, 0.1) is 10.9 Å². The average Bonchev–Trinajstić information content (AvgIpc) is 3.25. The Kier molecular flexibility index (Phi) is 4.70. The van der Waals surface area contributed by atoms with Gasteiger partial charge in [-0.15, -0.1) is 5.10 Å². The molecule has 2 heterocycles. The smallest absolute Gasteiger partial charge is 0.240 e. The fraction of sp³-hybridized carbons (Fsp3) is 0.300. The average molecular weight is 379 g/mol. The van der Waals surface area contributed by atoms with E-state index in [1.165, 1.54) is 22.9 Å². The highest BCUT2D eigenvalue weighted by molar-refractivity contribution is 8.00. The highest BCUT2D eigenvalue weighted by Gasteiger charge is 2.34. The molecule has 27 heavy (non-hydrogen) atoms. The first-order chi connectivity index (χ1) is 13.0. The van der Waals surface area contributed by atoms with Gasteiger partial charge in [-0.3, -0.25) is 4.79 Å². The quantitative estimate of drug-likeness (QED) is 0.650. The van der Waals surface area contributed by atoms with Gasteiger partial charge < -0.3 is 4.90 Å². The van der Waals surface area contributed by atoms with Crippen molar-refractivity contribution in [3.63, 3.8) is 0 Å². The molecule has 0 saturated carbocycles. The third-order valence-electron chi connectivity index (χ3n) is 4.79. The first-order valence-corrected chi connectivity index (χ1v) is 9.85. The molecule has 0 unspecified atom stereocenters. The maximum atomic E-state index is 13.2. The molecule has 138 valence electrons. The van der Waals surface area contributed by atoms with E-state index in [2.05, 4.69) is 28.5 Å². The minimum absolute atomic E-state index is 0.0795. The third kappa shape index (κ3) is 3.35. The maximum absolute atomic E-state index is 13.2. The van der Waals surface area contributed by atoms with E-state index in [1.807, 2.05) is 61.2 Å². The van der Waals surface area contributed by atoms with Gasteiger partial charge in [-0.05, 0) is 61.4 Å².